The summed E-state index contributed by atoms with van der Waals surface area (Å²) >= 11 is 0. The number of unbranched alkanes of at least 4 members (excludes halogenated alkanes) is 1. The van der Waals surface area contributed by atoms with Gasteiger partial charge in [0, 0.05) is 13.7 Å². The highest BCUT2D eigenvalue weighted by Gasteiger charge is 2.63. The van der Waals surface area contributed by atoms with E-state index in [9.17, 15) is 23.1 Å². The summed E-state index contributed by atoms with van der Waals surface area (Å²) in [6.45, 7) is 4.77. The molecule has 0 aliphatic heterocycles. The first-order chi connectivity index (χ1) is 20.0. The maximum atomic E-state index is 13.9. The van der Waals surface area contributed by atoms with Crippen molar-refractivity contribution in [3.05, 3.63) is 35.9 Å². The molecule has 3 saturated carbocycles. The van der Waals surface area contributed by atoms with E-state index < -0.39 is 25.5 Å². The van der Waals surface area contributed by atoms with Gasteiger partial charge in [-0.25, -0.2) is 0 Å². The third-order valence-corrected chi connectivity index (χ3v) is 17.6. The smallest absolute Gasteiger partial charge is 0.430 e. The second-order valence-electron chi connectivity index (χ2n) is 12.9. The highest BCUT2D eigenvalue weighted by Crippen LogP contribution is 2.82. The number of rotatable bonds is 13. The number of aliphatic hydroxyl groups is 1. The zero-order valence-corrected chi connectivity index (χ0v) is 26.5. The van der Waals surface area contributed by atoms with E-state index in [1.807, 2.05) is 30.3 Å². The lowest BCUT2D eigenvalue weighted by molar-refractivity contribution is -0.344. The van der Waals surface area contributed by atoms with Crippen molar-refractivity contribution in [2.45, 2.75) is 158 Å². The molecule has 0 spiro atoms. The highest BCUT2D eigenvalue weighted by molar-refractivity contribution is 7.78. The highest BCUT2D eigenvalue weighted by atomic mass is 31.2. The Morgan fingerprint density at radius 1 is 0.881 bits per heavy atom. The van der Waals surface area contributed by atoms with Gasteiger partial charge in [-0.15, -0.1) is 0 Å². The molecule has 1 aromatic carbocycles. The van der Waals surface area contributed by atoms with Crippen molar-refractivity contribution in [2.24, 2.45) is 5.92 Å². The van der Waals surface area contributed by atoms with Gasteiger partial charge in [0.2, 0.25) is 0 Å². The minimum Gasteiger partial charge on any atom is -0.542 e. The molecule has 0 heterocycles. The maximum Gasteiger partial charge on any atom is 0.430 e. The average Bonchev–Trinajstić information content (AvgIpc) is 3.78. The molecule has 0 saturated heterocycles. The summed E-state index contributed by atoms with van der Waals surface area (Å²) < 4.78 is 31.5. The topological polar surface area (TPSA) is 77.4 Å². The Morgan fingerprint density at radius 3 is 1.69 bits per heavy atom. The molecular formula is C34H52F3O4P. The quantitative estimate of drug-likeness (QED) is 0.227. The molecule has 3 fully saturated rings. The number of carbonyl (C=O) groups is 2. The molecule has 1 aromatic rings. The number of alkyl halides is 3. The van der Waals surface area contributed by atoms with Gasteiger partial charge in [-0.05, 0) is 109 Å². The number of aliphatic hydroxyl groups excluding tert-OH is 1. The fraction of sp³-hybridized carbons (Fsp3) is 0.765. The number of carbonyl (C=O) groups excluding carboxylic acids is 2. The van der Waals surface area contributed by atoms with Gasteiger partial charge in [0.1, 0.15) is 11.8 Å². The molecule has 3 aliphatic carbocycles. The first kappa shape index (κ1) is 35.0. The number of carboxylic acids is 1. The number of benzene rings is 1. The van der Waals surface area contributed by atoms with Crippen molar-refractivity contribution in [1.82, 2.24) is 0 Å². The predicted octanol–water partition coefficient (Wildman–Crippen LogP) is 8.41. The van der Waals surface area contributed by atoms with E-state index >= 15 is 0 Å². The number of hydrogen-bond acceptors (Lipinski definition) is 4. The van der Waals surface area contributed by atoms with Crippen LogP contribution < -0.4 is 5.11 Å². The molecule has 0 radical (unpaired) electrons. The fourth-order valence-corrected chi connectivity index (χ4v) is 17.1. The van der Waals surface area contributed by atoms with Crippen molar-refractivity contribution >= 4 is 19.0 Å². The van der Waals surface area contributed by atoms with Crippen LogP contribution in [0.1, 0.15) is 135 Å². The van der Waals surface area contributed by atoms with E-state index in [0.29, 0.717) is 11.4 Å². The van der Waals surface area contributed by atoms with E-state index in [0.717, 1.165) is 54.6 Å². The van der Waals surface area contributed by atoms with E-state index in [4.69, 9.17) is 9.90 Å². The van der Waals surface area contributed by atoms with E-state index in [-0.39, 0.29) is 5.92 Å². The molecular weight excluding hydrogens is 560 g/mol. The van der Waals surface area contributed by atoms with Crippen LogP contribution in [0.2, 0.25) is 0 Å². The summed E-state index contributed by atoms with van der Waals surface area (Å²) in [4.78, 5) is 22.7. The van der Waals surface area contributed by atoms with Gasteiger partial charge < -0.3 is 15.0 Å². The van der Waals surface area contributed by atoms with Crippen molar-refractivity contribution in [1.29, 1.82) is 0 Å². The molecule has 42 heavy (non-hydrogen) atoms. The zero-order valence-electron chi connectivity index (χ0n) is 25.6. The lowest BCUT2D eigenvalue weighted by atomic mass is 9.89. The normalized spacial score (nSPS) is 21.1. The second kappa shape index (κ2) is 16.6. The molecule has 3 unspecified atom stereocenters. The molecule has 3 atom stereocenters. The molecule has 0 aromatic heterocycles. The SMILES string of the molecule is CCCCC(=O)C(CCC(O)c1ccccc1)C(C)[P+](C1CCCC1)(C1CCCC1)C1CCCC1.O=C([O-])C(F)(F)F. The number of halogens is 3. The third-order valence-electron chi connectivity index (χ3n) is 10.5. The van der Waals surface area contributed by atoms with E-state index in [1.54, 1.807) is 0 Å². The van der Waals surface area contributed by atoms with Crippen LogP contribution in [0.15, 0.2) is 30.3 Å². The molecule has 0 bridgehead atoms. The second-order valence-corrected chi connectivity index (χ2v) is 17.7. The van der Waals surface area contributed by atoms with Gasteiger partial charge >= 0.3 is 6.18 Å². The Hall–Kier alpha value is -1.46. The monoisotopic (exact) mass is 612 g/mol. The van der Waals surface area contributed by atoms with Crippen LogP contribution in [0.3, 0.4) is 0 Å². The van der Waals surface area contributed by atoms with Gasteiger partial charge in [0.15, 0.2) is 0 Å². The Labute approximate surface area is 251 Å². The van der Waals surface area contributed by atoms with Crippen molar-refractivity contribution in [2.75, 3.05) is 0 Å². The van der Waals surface area contributed by atoms with Gasteiger partial charge in [0.25, 0.3) is 0 Å². The summed E-state index contributed by atoms with van der Waals surface area (Å²) in [6.07, 6.45) is 15.9. The number of aliphatic carboxylic acids is 1. The van der Waals surface area contributed by atoms with Crippen LogP contribution in [-0.2, 0) is 9.59 Å². The molecule has 4 rings (SSSR count). The number of hydrogen-bond donors (Lipinski definition) is 1. The molecule has 8 heteroatoms. The van der Waals surface area contributed by atoms with Crippen LogP contribution in [0.4, 0.5) is 13.2 Å². The van der Waals surface area contributed by atoms with Crippen LogP contribution in [0, 0.1) is 5.92 Å². The molecule has 1 N–H and O–H groups in total. The Morgan fingerprint density at radius 2 is 1.31 bits per heavy atom. The largest absolute Gasteiger partial charge is 0.542 e. The van der Waals surface area contributed by atoms with E-state index in [2.05, 4.69) is 13.8 Å². The van der Waals surface area contributed by atoms with Gasteiger partial charge in [-0.1, -0.05) is 43.7 Å². The van der Waals surface area contributed by atoms with Gasteiger partial charge in [-0.3, -0.25) is 4.79 Å². The predicted molar refractivity (Wildman–Crippen MR) is 163 cm³/mol. The van der Waals surface area contributed by atoms with Crippen molar-refractivity contribution < 1.29 is 33.0 Å². The van der Waals surface area contributed by atoms with E-state index in [1.165, 1.54) is 77.0 Å². The van der Waals surface area contributed by atoms with Crippen LogP contribution >= 0.6 is 7.26 Å². The third kappa shape index (κ3) is 8.80. The first-order valence-electron chi connectivity index (χ1n) is 16.4. The summed E-state index contributed by atoms with van der Waals surface area (Å²) in [5.41, 5.74) is 4.31. The summed E-state index contributed by atoms with van der Waals surface area (Å²) in [5.74, 6) is -2.33. The lowest BCUT2D eigenvalue weighted by Gasteiger charge is -2.48. The van der Waals surface area contributed by atoms with Gasteiger partial charge in [-0.2, -0.15) is 13.2 Å². The number of Topliss-reactive ketones (excluding diaryl/α,β-unsaturated/α-hetero) is 1. The minimum atomic E-state index is -5.19. The minimum absolute atomic E-state index is 0.148. The average molecular weight is 613 g/mol. The Bertz CT molecular complexity index is 910. The number of ketones is 1. The van der Waals surface area contributed by atoms with Crippen LogP contribution in [0.5, 0.6) is 0 Å². The standard InChI is InChI=1S/C32H52O2P.C2HF3O2/c1-3-4-22-32(34)30(23-24-31(33)26-14-6-5-7-15-26)25(2)35(27-16-8-9-17-27,28-18-10-11-19-28)29-20-12-13-21-29;3-2(4,5)1(6)7/h5-7,14-15,25,27-31,33H,3-4,8-13,16-24H2,1-2H3;(H,6,7)/q+1;/p-1. The van der Waals surface area contributed by atoms with Crippen molar-refractivity contribution in [3.63, 3.8) is 0 Å². The first-order valence-corrected chi connectivity index (χ1v) is 18.5. The summed E-state index contributed by atoms with van der Waals surface area (Å²) in [7, 11) is -1.31. The van der Waals surface area contributed by atoms with Gasteiger partial charge in [0.05, 0.1) is 34.7 Å². The Balaban J connectivity index is 0.000000616. The maximum absolute atomic E-state index is 13.9. The zero-order chi connectivity index (χ0) is 30.8. The Kier molecular flexibility index (Phi) is 13.8. The lowest BCUT2D eigenvalue weighted by Crippen LogP contribution is -2.41. The number of carboxylic acid groups (broad SMARTS) is 1. The van der Waals surface area contributed by atoms with Crippen molar-refractivity contribution in [3.8, 4) is 0 Å². The molecule has 0 amide bonds. The molecule has 238 valence electrons. The summed E-state index contributed by atoms with van der Waals surface area (Å²) in [5, 5.41) is 19.8. The van der Waals surface area contributed by atoms with Crippen LogP contribution in [-0.4, -0.2) is 45.7 Å². The molecule has 4 nitrogen and oxygen atoms in total. The fourth-order valence-electron chi connectivity index (χ4n) is 8.65. The molecule has 3 aliphatic rings. The van der Waals surface area contributed by atoms with Crippen LogP contribution in [0.25, 0.3) is 0 Å². The summed E-state index contributed by atoms with van der Waals surface area (Å²) in [6, 6.07) is 10.1.